The summed E-state index contributed by atoms with van der Waals surface area (Å²) in [7, 11) is 0. The molecule has 0 aliphatic rings. The van der Waals surface area contributed by atoms with Gasteiger partial charge < -0.3 is 11.1 Å². The second-order valence-electron chi connectivity index (χ2n) is 4.89. The first-order valence-electron chi connectivity index (χ1n) is 6.36. The van der Waals surface area contributed by atoms with E-state index in [0.717, 1.165) is 21.2 Å². The fourth-order valence-corrected chi connectivity index (χ4v) is 2.24. The summed E-state index contributed by atoms with van der Waals surface area (Å²) in [6.45, 7) is 4.04. The van der Waals surface area contributed by atoms with Gasteiger partial charge in [-0.05, 0) is 59.1 Å². The molecule has 1 amide bonds. The summed E-state index contributed by atoms with van der Waals surface area (Å²) in [5.41, 5.74) is 10.4. The summed E-state index contributed by atoms with van der Waals surface area (Å²) in [6.07, 6.45) is 0.365. The number of halogens is 1. The maximum Gasteiger partial charge on any atom is 0.228 e. The van der Waals surface area contributed by atoms with Crippen LogP contribution >= 0.6 is 15.9 Å². The minimum Gasteiger partial charge on any atom is -0.398 e. The number of nitrogens with two attached hydrogens (primary N) is 1. The Morgan fingerprint density at radius 3 is 2.65 bits per heavy atom. The van der Waals surface area contributed by atoms with Crippen molar-refractivity contribution < 1.29 is 4.79 Å². The number of benzene rings is 2. The van der Waals surface area contributed by atoms with Gasteiger partial charge in [-0.2, -0.15) is 0 Å². The number of hydrogen-bond acceptors (Lipinski definition) is 2. The highest BCUT2D eigenvalue weighted by molar-refractivity contribution is 9.10. The predicted octanol–water partition coefficient (Wildman–Crippen LogP) is 3.83. The molecule has 0 saturated heterocycles. The van der Waals surface area contributed by atoms with Gasteiger partial charge >= 0.3 is 0 Å². The number of hydrogen-bond donors (Lipinski definition) is 2. The fraction of sp³-hybridized carbons (Fsp3) is 0.188. The molecule has 0 unspecified atom stereocenters. The van der Waals surface area contributed by atoms with Gasteiger partial charge in [-0.1, -0.05) is 23.8 Å². The van der Waals surface area contributed by atoms with E-state index in [1.807, 2.05) is 44.2 Å². The van der Waals surface area contributed by atoms with E-state index in [0.29, 0.717) is 17.8 Å². The number of rotatable bonds is 3. The summed E-state index contributed by atoms with van der Waals surface area (Å²) < 4.78 is 0.824. The van der Waals surface area contributed by atoms with Gasteiger partial charge in [-0.15, -0.1) is 0 Å². The number of aryl methyl sites for hydroxylation is 2. The topological polar surface area (TPSA) is 55.1 Å². The average Bonchev–Trinajstić information content (AvgIpc) is 2.38. The lowest BCUT2D eigenvalue weighted by Crippen LogP contribution is -2.15. The molecule has 3 nitrogen and oxygen atoms in total. The van der Waals surface area contributed by atoms with Gasteiger partial charge in [-0.3, -0.25) is 4.79 Å². The van der Waals surface area contributed by atoms with E-state index >= 15 is 0 Å². The zero-order valence-electron chi connectivity index (χ0n) is 11.5. The highest BCUT2D eigenvalue weighted by atomic mass is 79.9. The Kier molecular flexibility index (Phi) is 4.45. The van der Waals surface area contributed by atoms with Crippen LogP contribution in [0.2, 0.25) is 0 Å². The lowest BCUT2D eigenvalue weighted by atomic mass is 10.0. The van der Waals surface area contributed by atoms with Gasteiger partial charge in [0.1, 0.15) is 0 Å². The fourth-order valence-electron chi connectivity index (χ4n) is 1.99. The Hall–Kier alpha value is -1.81. The van der Waals surface area contributed by atoms with E-state index in [9.17, 15) is 4.79 Å². The zero-order valence-corrected chi connectivity index (χ0v) is 13.1. The highest BCUT2D eigenvalue weighted by Crippen LogP contribution is 2.23. The lowest BCUT2D eigenvalue weighted by molar-refractivity contribution is -0.115. The zero-order chi connectivity index (χ0) is 14.7. The van der Waals surface area contributed by atoms with E-state index < -0.39 is 0 Å². The van der Waals surface area contributed by atoms with Gasteiger partial charge in [0.25, 0.3) is 0 Å². The van der Waals surface area contributed by atoms with Crippen molar-refractivity contribution in [3.05, 3.63) is 57.6 Å². The molecule has 2 aromatic rings. The van der Waals surface area contributed by atoms with Crippen LogP contribution in [0.15, 0.2) is 40.9 Å². The van der Waals surface area contributed by atoms with Crippen LogP contribution in [0.3, 0.4) is 0 Å². The van der Waals surface area contributed by atoms with Gasteiger partial charge in [0.15, 0.2) is 0 Å². The quantitative estimate of drug-likeness (QED) is 0.839. The molecule has 0 aliphatic heterocycles. The summed E-state index contributed by atoms with van der Waals surface area (Å²) in [5.74, 6) is -0.0413. The van der Waals surface area contributed by atoms with Crippen LogP contribution in [0.25, 0.3) is 0 Å². The molecule has 0 bridgehead atoms. The first-order chi connectivity index (χ1) is 9.45. The van der Waals surface area contributed by atoms with E-state index in [4.69, 9.17) is 5.73 Å². The molecule has 0 saturated carbocycles. The van der Waals surface area contributed by atoms with Crippen LogP contribution in [-0.4, -0.2) is 5.91 Å². The van der Waals surface area contributed by atoms with Crippen molar-refractivity contribution in [3.63, 3.8) is 0 Å². The molecule has 2 rings (SSSR count). The Balaban J connectivity index is 2.09. The number of nitrogen functional groups attached to an aromatic ring is 1. The summed E-state index contributed by atoms with van der Waals surface area (Å²) in [4.78, 5) is 12.1. The third-order valence-electron chi connectivity index (χ3n) is 3.14. The third-order valence-corrected chi connectivity index (χ3v) is 3.86. The van der Waals surface area contributed by atoms with Crippen LogP contribution in [0.1, 0.15) is 16.7 Å². The molecule has 0 spiro atoms. The van der Waals surface area contributed by atoms with Gasteiger partial charge in [-0.25, -0.2) is 0 Å². The normalized spacial score (nSPS) is 10.3. The molecule has 4 heteroatoms. The molecule has 0 radical (unpaired) electrons. The highest BCUT2D eigenvalue weighted by Gasteiger charge is 2.07. The molecule has 0 fully saturated rings. The predicted molar refractivity (Wildman–Crippen MR) is 86.8 cm³/mol. The van der Waals surface area contributed by atoms with Gasteiger partial charge in [0, 0.05) is 15.8 Å². The summed E-state index contributed by atoms with van der Waals surface area (Å²) in [6, 6.07) is 11.5. The van der Waals surface area contributed by atoms with Crippen LogP contribution in [0, 0.1) is 13.8 Å². The molecule has 20 heavy (non-hydrogen) atoms. The molecule has 0 aliphatic carbocycles. The standard InChI is InChI=1S/C16H17BrN2O/c1-10-3-4-11(2)12(7-10)8-16(20)19-13-5-6-14(17)15(18)9-13/h3-7,9H,8,18H2,1-2H3,(H,19,20). The lowest BCUT2D eigenvalue weighted by Gasteiger charge is -2.09. The largest absolute Gasteiger partial charge is 0.398 e. The van der Waals surface area contributed by atoms with Crippen LogP contribution in [0.4, 0.5) is 11.4 Å². The van der Waals surface area contributed by atoms with Crippen molar-refractivity contribution in [3.8, 4) is 0 Å². The Labute approximate surface area is 127 Å². The average molecular weight is 333 g/mol. The molecule has 3 N–H and O–H groups in total. The Morgan fingerprint density at radius 1 is 1.20 bits per heavy atom. The Morgan fingerprint density at radius 2 is 1.95 bits per heavy atom. The molecule has 0 aromatic heterocycles. The second kappa shape index (κ2) is 6.09. The van der Waals surface area contributed by atoms with Crippen molar-refractivity contribution in [2.75, 3.05) is 11.1 Å². The SMILES string of the molecule is Cc1ccc(C)c(CC(=O)Nc2ccc(Br)c(N)c2)c1. The first kappa shape index (κ1) is 14.6. The van der Waals surface area contributed by atoms with Crippen molar-refractivity contribution in [2.45, 2.75) is 20.3 Å². The number of anilines is 2. The summed E-state index contributed by atoms with van der Waals surface area (Å²) in [5, 5.41) is 2.87. The minimum atomic E-state index is -0.0413. The molecule has 104 valence electrons. The van der Waals surface area contributed by atoms with E-state index in [1.54, 1.807) is 6.07 Å². The number of nitrogens with one attached hydrogen (secondary N) is 1. The van der Waals surface area contributed by atoms with Crippen LogP contribution < -0.4 is 11.1 Å². The molecule has 2 aromatic carbocycles. The summed E-state index contributed by atoms with van der Waals surface area (Å²) >= 11 is 3.33. The van der Waals surface area contributed by atoms with E-state index in [-0.39, 0.29) is 5.91 Å². The minimum absolute atomic E-state index is 0.0413. The van der Waals surface area contributed by atoms with E-state index in [1.165, 1.54) is 0 Å². The Bertz CT molecular complexity index is 653. The van der Waals surface area contributed by atoms with Crippen LogP contribution in [-0.2, 0) is 11.2 Å². The smallest absolute Gasteiger partial charge is 0.228 e. The van der Waals surface area contributed by atoms with Crippen LogP contribution in [0.5, 0.6) is 0 Å². The number of carbonyl (C=O) groups excluding carboxylic acids is 1. The first-order valence-corrected chi connectivity index (χ1v) is 7.16. The van der Waals surface area contributed by atoms with Gasteiger partial charge in [0.2, 0.25) is 5.91 Å². The molecular weight excluding hydrogens is 316 g/mol. The number of amides is 1. The second-order valence-corrected chi connectivity index (χ2v) is 5.75. The maximum absolute atomic E-state index is 12.1. The number of carbonyl (C=O) groups is 1. The van der Waals surface area contributed by atoms with Crippen molar-refractivity contribution >= 4 is 33.2 Å². The molecule has 0 heterocycles. The third kappa shape index (κ3) is 3.61. The van der Waals surface area contributed by atoms with Gasteiger partial charge in [0.05, 0.1) is 6.42 Å². The van der Waals surface area contributed by atoms with Crippen molar-refractivity contribution in [1.82, 2.24) is 0 Å². The van der Waals surface area contributed by atoms with Crippen molar-refractivity contribution in [1.29, 1.82) is 0 Å². The molecule has 0 atom stereocenters. The molecular formula is C16H17BrN2O. The van der Waals surface area contributed by atoms with Crippen molar-refractivity contribution in [2.24, 2.45) is 0 Å². The van der Waals surface area contributed by atoms with E-state index in [2.05, 4.69) is 21.2 Å². The monoisotopic (exact) mass is 332 g/mol. The maximum atomic E-state index is 12.1.